The van der Waals surface area contributed by atoms with E-state index in [0.29, 0.717) is 29.9 Å². The van der Waals surface area contributed by atoms with E-state index < -0.39 is 10.0 Å². The van der Waals surface area contributed by atoms with Crippen molar-refractivity contribution < 1.29 is 17.9 Å². The van der Waals surface area contributed by atoms with Crippen LogP contribution < -0.4 is 10.5 Å². The Balaban J connectivity index is 1.76. The molecule has 1 aromatic rings. The molecule has 1 amide bonds. The second kappa shape index (κ2) is 7.03. The van der Waals surface area contributed by atoms with Crippen LogP contribution in [0.25, 0.3) is 0 Å². The van der Waals surface area contributed by atoms with Gasteiger partial charge < -0.3 is 15.4 Å². The van der Waals surface area contributed by atoms with Gasteiger partial charge in [-0.15, -0.1) is 4.40 Å². The molecule has 0 bridgehead atoms. The zero-order valence-corrected chi connectivity index (χ0v) is 15.1. The third-order valence-electron chi connectivity index (χ3n) is 4.54. The molecule has 7 nitrogen and oxygen atoms in total. The first-order valence-corrected chi connectivity index (χ1v) is 10.1. The Morgan fingerprint density at radius 3 is 3.00 bits per heavy atom. The van der Waals surface area contributed by atoms with Gasteiger partial charge in [0, 0.05) is 13.0 Å². The molecule has 1 fully saturated rings. The van der Waals surface area contributed by atoms with E-state index in [1.165, 1.54) is 0 Å². The number of hydrogen-bond donors (Lipinski definition) is 1. The average molecular weight is 365 g/mol. The van der Waals surface area contributed by atoms with Crippen molar-refractivity contribution in [2.75, 3.05) is 13.2 Å². The first kappa shape index (κ1) is 17.7. The number of sulfonamides is 1. The van der Waals surface area contributed by atoms with Crippen LogP contribution in [0.15, 0.2) is 22.6 Å². The number of hydrogen-bond acceptors (Lipinski definition) is 5. The lowest BCUT2D eigenvalue weighted by molar-refractivity contribution is -0.132. The molecule has 2 heterocycles. The van der Waals surface area contributed by atoms with Crippen LogP contribution in [0.1, 0.15) is 43.7 Å². The summed E-state index contributed by atoms with van der Waals surface area (Å²) in [5.41, 5.74) is 6.98. The second-order valence-corrected chi connectivity index (χ2v) is 8.07. The number of carbonyl (C=O) groups excluding carboxylic acids is 1. The quantitative estimate of drug-likeness (QED) is 0.850. The van der Waals surface area contributed by atoms with Crippen LogP contribution in [0.4, 0.5) is 0 Å². The third-order valence-corrected chi connectivity index (χ3v) is 5.69. The van der Waals surface area contributed by atoms with Crippen molar-refractivity contribution >= 4 is 21.8 Å². The summed E-state index contributed by atoms with van der Waals surface area (Å²) in [6, 6.07) is 5.26. The van der Waals surface area contributed by atoms with Crippen LogP contribution in [-0.4, -0.2) is 44.3 Å². The molecule has 1 atom stereocenters. The summed E-state index contributed by atoms with van der Waals surface area (Å²) in [6.45, 7) is 3.12. The normalized spacial score (nSPS) is 21.6. The largest absolute Gasteiger partial charge is 0.491 e. The van der Waals surface area contributed by atoms with Gasteiger partial charge in [-0.05, 0) is 30.9 Å². The number of nitrogens with two attached hydrogens (primary N) is 1. The number of rotatable bonds is 5. The van der Waals surface area contributed by atoms with Gasteiger partial charge in [0.05, 0.1) is 17.4 Å². The highest BCUT2D eigenvalue weighted by Crippen LogP contribution is 2.29. The molecule has 0 unspecified atom stereocenters. The molecular weight excluding hydrogens is 342 g/mol. The second-order valence-electron chi connectivity index (χ2n) is 6.44. The van der Waals surface area contributed by atoms with Crippen LogP contribution in [0.5, 0.6) is 5.75 Å². The molecule has 2 N–H and O–H groups in total. The Hall–Kier alpha value is -2.09. The van der Waals surface area contributed by atoms with Crippen LogP contribution in [0.2, 0.25) is 0 Å². The van der Waals surface area contributed by atoms with Crippen molar-refractivity contribution in [1.29, 1.82) is 0 Å². The highest BCUT2D eigenvalue weighted by atomic mass is 32.2. The van der Waals surface area contributed by atoms with E-state index in [0.717, 1.165) is 25.8 Å². The Morgan fingerprint density at radius 2 is 2.24 bits per heavy atom. The molecule has 136 valence electrons. The Labute approximate surface area is 147 Å². The highest BCUT2D eigenvalue weighted by molar-refractivity contribution is 7.89. The zero-order valence-electron chi connectivity index (χ0n) is 14.3. The number of amides is 1. The van der Waals surface area contributed by atoms with Crippen molar-refractivity contribution in [3.63, 3.8) is 0 Å². The summed E-state index contributed by atoms with van der Waals surface area (Å²) in [4.78, 5) is 14.1. The Kier molecular flexibility index (Phi) is 4.99. The van der Waals surface area contributed by atoms with Crippen LogP contribution in [-0.2, 0) is 20.6 Å². The molecule has 0 spiro atoms. The van der Waals surface area contributed by atoms with E-state index in [-0.39, 0.29) is 23.5 Å². The van der Waals surface area contributed by atoms with Gasteiger partial charge in [0.25, 0.3) is 10.0 Å². The van der Waals surface area contributed by atoms with E-state index in [2.05, 4.69) is 4.40 Å². The predicted molar refractivity (Wildman–Crippen MR) is 94.9 cm³/mol. The molecule has 1 aromatic carbocycles. The maximum absolute atomic E-state index is 12.2. The van der Waals surface area contributed by atoms with E-state index >= 15 is 0 Å². The molecule has 0 aromatic heterocycles. The average Bonchev–Trinajstić information content (AvgIpc) is 3.00. The fraction of sp³-hybridized carbons (Fsp3) is 0.529. The van der Waals surface area contributed by atoms with Crippen LogP contribution in [0.3, 0.4) is 0 Å². The van der Waals surface area contributed by atoms with Gasteiger partial charge in [-0.2, -0.15) is 0 Å². The maximum atomic E-state index is 12.2. The summed E-state index contributed by atoms with van der Waals surface area (Å²) in [5.74, 6) is 0.464. The van der Waals surface area contributed by atoms with Gasteiger partial charge in [0.15, 0.2) is 0 Å². The third kappa shape index (κ3) is 3.78. The molecule has 0 aliphatic carbocycles. The van der Waals surface area contributed by atoms with Crippen LogP contribution in [0, 0.1) is 0 Å². The van der Waals surface area contributed by atoms with Gasteiger partial charge in [0.1, 0.15) is 18.2 Å². The minimum absolute atomic E-state index is 0.0396. The minimum atomic E-state index is -3.56. The topological polar surface area (TPSA) is 102 Å². The number of likely N-dealkylation sites (tertiary alicyclic amines) is 1. The lowest BCUT2D eigenvalue weighted by Gasteiger charge is -2.26. The van der Waals surface area contributed by atoms with E-state index in [1.807, 2.05) is 11.8 Å². The van der Waals surface area contributed by atoms with Crippen LogP contribution >= 0.6 is 0 Å². The number of carbonyl (C=O) groups is 1. The summed E-state index contributed by atoms with van der Waals surface area (Å²) < 4.78 is 33.0. The number of amidine groups is 1. The molecular formula is C17H23N3O4S. The first-order chi connectivity index (χ1) is 11.9. The van der Waals surface area contributed by atoms with Crippen molar-refractivity contribution in [2.45, 2.75) is 44.4 Å². The maximum Gasteiger partial charge on any atom is 0.259 e. The SMILES string of the molecule is CCCC(=O)N1CCC[C@H]1COc1cccc2c1C(N)=NS(=O)(=O)C2. The minimum Gasteiger partial charge on any atom is -0.491 e. The van der Waals surface area contributed by atoms with Gasteiger partial charge in [-0.3, -0.25) is 4.79 Å². The standard InChI is InChI=1S/C17H23N3O4S/c1-2-5-15(21)20-9-4-7-13(20)10-24-14-8-3-6-12-11-25(22,23)19-17(18)16(12)14/h3,6,8,13H,2,4-5,7,9-11H2,1H3,(H2,18,19)/t13-/m0/s1. The zero-order chi connectivity index (χ0) is 18.0. The van der Waals surface area contributed by atoms with E-state index in [4.69, 9.17) is 10.5 Å². The predicted octanol–water partition coefficient (Wildman–Crippen LogP) is 1.41. The lowest BCUT2D eigenvalue weighted by atomic mass is 10.1. The van der Waals surface area contributed by atoms with Gasteiger partial charge in [0.2, 0.25) is 5.91 Å². The smallest absolute Gasteiger partial charge is 0.259 e. The number of benzene rings is 1. The monoisotopic (exact) mass is 365 g/mol. The van der Waals surface area contributed by atoms with E-state index in [9.17, 15) is 13.2 Å². The highest BCUT2D eigenvalue weighted by Gasteiger charge is 2.30. The van der Waals surface area contributed by atoms with Crippen molar-refractivity contribution in [3.05, 3.63) is 29.3 Å². The van der Waals surface area contributed by atoms with Crippen molar-refractivity contribution in [3.8, 4) is 5.75 Å². The number of nitrogens with zero attached hydrogens (tertiary/aromatic N) is 2. The number of fused-ring (bicyclic) bond motifs is 1. The molecule has 8 heteroatoms. The molecule has 25 heavy (non-hydrogen) atoms. The summed E-state index contributed by atoms with van der Waals surface area (Å²) in [6.07, 6.45) is 3.26. The lowest BCUT2D eigenvalue weighted by Crippen LogP contribution is -2.39. The molecule has 3 rings (SSSR count). The first-order valence-electron chi connectivity index (χ1n) is 8.54. The van der Waals surface area contributed by atoms with Gasteiger partial charge >= 0.3 is 0 Å². The fourth-order valence-electron chi connectivity index (χ4n) is 3.41. The van der Waals surface area contributed by atoms with Crippen molar-refractivity contribution in [2.24, 2.45) is 10.1 Å². The summed E-state index contributed by atoms with van der Waals surface area (Å²) >= 11 is 0. The summed E-state index contributed by atoms with van der Waals surface area (Å²) in [5, 5.41) is 0. The Morgan fingerprint density at radius 1 is 1.44 bits per heavy atom. The van der Waals surface area contributed by atoms with Crippen molar-refractivity contribution in [1.82, 2.24) is 4.90 Å². The van der Waals surface area contributed by atoms with Gasteiger partial charge in [-0.1, -0.05) is 19.1 Å². The fourth-order valence-corrected chi connectivity index (χ4v) is 4.50. The molecule has 0 saturated carbocycles. The number of ether oxygens (including phenoxy) is 1. The van der Waals surface area contributed by atoms with Gasteiger partial charge in [-0.25, -0.2) is 8.42 Å². The summed E-state index contributed by atoms with van der Waals surface area (Å²) in [7, 11) is -3.56. The molecule has 2 aliphatic rings. The van der Waals surface area contributed by atoms with E-state index in [1.54, 1.807) is 18.2 Å². The molecule has 1 saturated heterocycles. The Bertz CT molecular complexity index is 804. The molecule has 2 aliphatic heterocycles. The molecule has 0 radical (unpaired) electrons.